The number of nitrogens with two attached hydrogens (primary N) is 1. The maximum atomic E-state index is 6.18. The molecule has 3 aliphatic rings. The molecule has 0 aromatic heterocycles. The van der Waals surface area contributed by atoms with Gasteiger partial charge in [-0.25, -0.2) is 0 Å². The van der Waals surface area contributed by atoms with Crippen molar-refractivity contribution in [3.05, 3.63) is 0 Å². The van der Waals surface area contributed by atoms with E-state index in [0.717, 1.165) is 31.6 Å². The normalized spacial score (nSPS) is 29.6. The zero-order chi connectivity index (χ0) is 14.9. The third-order valence-electron chi connectivity index (χ3n) is 5.20. The van der Waals surface area contributed by atoms with Gasteiger partial charge in [-0.05, 0) is 31.6 Å². The second kappa shape index (κ2) is 6.13. The van der Waals surface area contributed by atoms with E-state index in [2.05, 4.69) is 28.6 Å². The first-order valence-electron chi connectivity index (χ1n) is 8.51. The molecule has 0 saturated carbocycles. The molecule has 5 nitrogen and oxygen atoms in total. The Morgan fingerprint density at radius 3 is 2.76 bits per heavy atom. The van der Waals surface area contributed by atoms with E-state index in [4.69, 9.17) is 10.5 Å². The van der Waals surface area contributed by atoms with Gasteiger partial charge >= 0.3 is 0 Å². The largest absolute Gasteiger partial charge is 0.376 e. The zero-order valence-corrected chi connectivity index (χ0v) is 13.6. The number of piperidine rings is 1. The zero-order valence-electron chi connectivity index (χ0n) is 13.6. The van der Waals surface area contributed by atoms with Gasteiger partial charge in [-0.15, -0.1) is 0 Å². The van der Waals surface area contributed by atoms with Crippen LogP contribution in [0, 0.1) is 5.92 Å². The molecule has 3 aliphatic heterocycles. The van der Waals surface area contributed by atoms with Gasteiger partial charge in [-0.3, -0.25) is 4.99 Å². The molecular formula is C16H30N4O. The van der Waals surface area contributed by atoms with Gasteiger partial charge in [-0.1, -0.05) is 13.8 Å². The summed E-state index contributed by atoms with van der Waals surface area (Å²) in [5, 5.41) is 0. The quantitative estimate of drug-likeness (QED) is 0.849. The molecule has 0 bridgehead atoms. The summed E-state index contributed by atoms with van der Waals surface area (Å²) < 4.78 is 5.81. The Bertz CT molecular complexity index is 382. The standard InChI is InChI=1S/C16H30N4O/c1-13(2)10-19-7-5-16(6-8-19)12-18-15(17)20(16)11-14-4-3-9-21-14/h13-14H,3-12H2,1-2H3,(H2,17,18). The van der Waals surface area contributed by atoms with Gasteiger partial charge in [0.05, 0.1) is 18.2 Å². The minimum atomic E-state index is 0.170. The summed E-state index contributed by atoms with van der Waals surface area (Å²) in [6.07, 6.45) is 5.06. The fourth-order valence-corrected chi connectivity index (χ4v) is 4.02. The van der Waals surface area contributed by atoms with Gasteiger partial charge < -0.3 is 20.3 Å². The molecule has 2 N–H and O–H groups in total. The van der Waals surface area contributed by atoms with Gasteiger partial charge in [0, 0.05) is 32.8 Å². The van der Waals surface area contributed by atoms with E-state index in [1.807, 2.05) is 0 Å². The minimum absolute atomic E-state index is 0.170. The van der Waals surface area contributed by atoms with Crippen LogP contribution in [0.1, 0.15) is 39.5 Å². The first kappa shape index (κ1) is 15.1. The summed E-state index contributed by atoms with van der Waals surface area (Å²) in [5.41, 5.74) is 6.35. The van der Waals surface area contributed by atoms with E-state index in [9.17, 15) is 0 Å². The molecule has 3 heterocycles. The summed E-state index contributed by atoms with van der Waals surface area (Å²) >= 11 is 0. The van der Waals surface area contributed by atoms with Crippen molar-refractivity contribution >= 4 is 5.96 Å². The molecule has 0 amide bonds. The van der Waals surface area contributed by atoms with Crippen LogP contribution in [0.25, 0.3) is 0 Å². The highest BCUT2D eigenvalue weighted by Crippen LogP contribution is 2.34. The number of hydrogen-bond donors (Lipinski definition) is 1. The number of rotatable bonds is 4. The summed E-state index contributed by atoms with van der Waals surface area (Å²) in [6.45, 7) is 10.9. The topological polar surface area (TPSA) is 54.1 Å². The van der Waals surface area contributed by atoms with Gasteiger partial charge in [0.15, 0.2) is 5.96 Å². The van der Waals surface area contributed by atoms with Crippen LogP contribution in [0.3, 0.4) is 0 Å². The predicted molar refractivity (Wildman–Crippen MR) is 85.4 cm³/mol. The molecule has 1 atom stereocenters. The molecule has 1 unspecified atom stereocenters. The van der Waals surface area contributed by atoms with Crippen LogP contribution in [-0.2, 0) is 4.74 Å². The lowest BCUT2D eigenvalue weighted by atomic mass is 9.86. The number of guanidine groups is 1. The van der Waals surface area contributed by atoms with Crippen molar-refractivity contribution in [3.63, 3.8) is 0 Å². The SMILES string of the molecule is CC(C)CN1CCC2(CC1)CN=C(N)N2CC1CCCO1. The van der Waals surface area contributed by atoms with Crippen molar-refractivity contribution in [2.24, 2.45) is 16.6 Å². The van der Waals surface area contributed by atoms with Crippen LogP contribution in [0.2, 0.25) is 0 Å². The van der Waals surface area contributed by atoms with Crippen molar-refractivity contribution in [3.8, 4) is 0 Å². The molecule has 5 heteroatoms. The summed E-state index contributed by atoms with van der Waals surface area (Å²) in [4.78, 5) is 9.53. The highest BCUT2D eigenvalue weighted by molar-refractivity contribution is 5.81. The lowest BCUT2D eigenvalue weighted by Crippen LogP contribution is -2.59. The fraction of sp³-hybridized carbons (Fsp3) is 0.938. The molecule has 1 spiro atoms. The average Bonchev–Trinajstić information content (AvgIpc) is 3.05. The van der Waals surface area contributed by atoms with Crippen LogP contribution in [0.4, 0.5) is 0 Å². The van der Waals surface area contributed by atoms with Crippen molar-refractivity contribution in [2.45, 2.75) is 51.2 Å². The van der Waals surface area contributed by atoms with E-state index < -0.39 is 0 Å². The highest BCUT2D eigenvalue weighted by atomic mass is 16.5. The molecule has 0 aromatic rings. The maximum absolute atomic E-state index is 6.18. The van der Waals surface area contributed by atoms with Crippen molar-refractivity contribution in [1.29, 1.82) is 0 Å². The predicted octanol–water partition coefficient (Wildman–Crippen LogP) is 1.29. The number of likely N-dealkylation sites (tertiary alicyclic amines) is 1. The van der Waals surface area contributed by atoms with Crippen LogP contribution in [0.5, 0.6) is 0 Å². The Balaban J connectivity index is 1.61. The third kappa shape index (κ3) is 3.19. The molecule has 120 valence electrons. The summed E-state index contributed by atoms with van der Waals surface area (Å²) in [6, 6.07) is 0. The summed E-state index contributed by atoms with van der Waals surface area (Å²) in [5.74, 6) is 1.48. The highest BCUT2D eigenvalue weighted by Gasteiger charge is 2.45. The molecule has 3 rings (SSSR count). The van der Waals surface area contributed by atoms with E-state index >= 15 is 0 Å². The van der Waals surface area contributed by atoms with Gasteiger partial charge in [0.25, 0.3) is 0 Å². The Morgan fingerprint density at radius 2 is 2.14 bits per heavy atom. The van der Waals surface area contributed by atoms with Gasteiger partial charge in [-0.2, -0.15) is 0 Å². The van der Waals surface area contributed by atoms with Crippen LogP contribution in [-0.4, -0.2) is 66.7 Å². The van der Waals surface area contributed by atoms with Crippen LogP contribution in [0.15, 0.2) is 4.99 Å². The van der Waals surface area contributed by atoms with Crippen LogP contribution >= 0.6 is 0 Å². The molecular weight excluding hydrogens is 264 g/mol. The Hall–Kier alpha value is -0.810. The molecule has 2 saturated heterocycles. The Morgan fingerprint density at radius 1 is 1.38 bits per heavy atom. The second-order valence-electron chi connectivity index (χ2n) is 7.34. The van der Waals surface area contributed by atoms with Gasteiger partial charge in [0.2, 0.25) is 0 Å². The van der Waals surface area contributed by atoms with Crippen LogP contribution < -0.4 is 5.73 Å². The molecule has 0 aromatic carbocycles. The molecule has 0 radical (unpaired) electrons. The lowest BCUT2D eigenvalue weighted by Gasteiger charge is -2.46. The first-order chi connectivity index (χ1) is 10.1. The first-order valence-corrected chi connectivity index (χ1v) is 8.51. The number of nitrogens with zero attached hydrogens (tertiary/aromatic N) is 3. The fourth-order valence-electron chi connectivity index (χ4n) is 4.02. The smallest absolute Gasteiger partial charge is 0.191 e. The van der Waals surface area contributed by atoms with E-state index in [1.54, 1.807) is 0 Å². The van der Waals surface area contributed by atoms with E-state index in [1.165, 1.54) is 45.3 Å². The Labute approximate surface area is 128 Å². The average molecular weight is 294 g/mol. The number of ether oxygens (including phenoxy) is 1. The minimum Gasteiger partial charge on any atom is -0.376 e. The third-order valence-corrected chi connectivity index (χ3v) is 5.20. The van der Waals surface area contributed by atoms with Crippen molar-refractivity contribution in [2.75, 3.05) is 39.3 Å². The van der Waals surface area contributed by atoms with E-state index in [0.29, 0.717) is 6.10 Å². The summed E-state index contributed by atoms with van der Waals surface area (Å²) in [7, 11) is 0. The monoisotopic (exact) mass is 294 g/mol. The van der Waals surface area contributed by atoms with Gasteiger partial charge in [0.1, 0.15) is 0 Å². The molecule has 0 aliphatic carbocycles. The molecule has 21 heavy (non-hydrogen) atoms. The second-order valence-corrected chi connectivity index (χ2v) is 7.34. The lowest BCUT2D eigenvalue weighted by molar-refractivity contribution is 0.0349. The van der Waals surface area contributed by atoms with Crippen molar-refractivity contribution < 1.29 is 4.74 Å². The molecule has 2 fully saturated rings. The Kier molecular flexibility index (Phi) is 4.41. The number of aliphatic imine (C=N–C) groups is 1. The maximum Gasteiger partial charge on any atom is 0.191 e. The van der Waals surface area contributed by atoms with Crippen molar-refractivity contribution in [1.82, 2.24) is 9.80 Å². The van der Waals surface area contributed by atoms with E-state index in [-0.39, 0.29) is 5.54 Å². The number of hydrogen-bond acceptors (Lipinski definition) is 5.